The van der Waals surface area contributed by atoms with Gasteiger partial charge < -0.3 is 0 Å². The molecule has 1 heterocycles. The summed E-state index contributed by atoms with van der Waals surface area (Å²) in [7, 11) is 0. The number of amides is 1. The van der Waals surface area contributed by atoms with Crippen LogP contribution in [0.15, 0.2) is 11.2 Å². The fourth-order valence-electron chi connectivity index (χ4n) is 2.47. The first-order valence-electron chi connectivity index (χ1n) is 6.49. The Morgan fingerprint density at radius 3 is 2.61 bits per heavy atom. The Morgan fingerprint density at radius 2 is 2.06 bits per heavy atom. The Kier molecular flexibility index (Phi) is 4.17. The van der Waals surface area contributed by atoms with Gasteiger partial charge in [-0.15, -0.1) is 11.3 Å². The van der Waals surface area contributed by atoms with Gasteiger partial charge in [-0.2, -0.15) is 5.10 Å². The first-order valence-corrected chi connectivity index (χ1v) is 7.31. The van der Waals surface area contributed by atoms with Crippen LogP contribution in [0.5, 0.6) is 0 Å². The molecule has 1 amide bonds. The maximum Gasteiger partial charge on any atom is 0.243 e. The van der Waals surface area contributed by atoms with Crippen molar-refractivity contribution in [2.75, 3.05) is 0 Å². The normalized spacial score (nSPS) is 17.2. The lowest BCUT2D eigenvalue weighted by Crippen LogP contribution is -2.25. The highest BCUT2D eigenvalue weighted by Gasteiger charge is 2.22. The SMILES string of the molecule is C/C(=N\NC(=O)C1CCCC1)c1cc(C)sc1C. The van der Waals surface area contributed by atoms with Gasteiger partial charge in [0.05, 0.1) is 5.71 Å². The molecule has 0 saturated heterocycles. The minimum atomic E-state index is 0.0801. The van der Waals surface area contributed by atoms with Crippen LogP contribution in [0.4, 0.5) is 0 Å². The number of aryl methyl sites for hydroxylation is 2. The summed E-state index contributed by atoms with van der Waals surface area (Å²) in [6.07, 6.45) is 4.36. The van der Waals surface area contributed by atoms with Gasteiger partial charge in [-0.1, -0.05) is 12.8 Å². The molecular weight excluding hydrogens is 244 g/mol. The highest BCUT2D eigenvalue weighted by Crippen LogP contribution is 2.25. The quantitative estimate of drug-likeness (QED) is 0.660. The Labute approximate surface area is 112 Å². The molecule has 98 valence electrons. The maximum absolute atomic E-state index is 11.9. The van der Waals surface area contributed by atoms with E-state index in [0.717, 1.165) is 24.1 Å². The number of hydrogen-bond donors (Lipinski definition) is 1. The van der Waals surface area contributed by atoms with Crippen LogP contribution in [-0.2, 0) is 4.79 Å². The van der Waals surface area contributed by atoms with Crippen molar-refractivity contribution in [1.82, 2.24) is 5.43 Å². The third kappa shape index (κ3) is 2.99. The summed E-state index contributed by atoms with van der Waals surface area (Å²) < 4.78 is 0. The Morgan fingerprint density at radius 1 is 1.39 bits per heavy atom. The second-order valence-corrected chi connectivity index (χ2v) is 6.44. The number of hydrogen-bond acceptors (Lipinski definition) is 3. The molecule has 18 heavy (non-hydrogen) atoms. The van der Waals surface area contributed by atoms with Crippen LogP contribution in [0, 0.1) is 19.8 Å². The number of thiophene rings is 1. The van der Waals surface area contributed by atoms with E-state index >= 15 is 0 Å². The molecule has 0 atom stereocenters. The number of carbonyl (C=O) groups excluding carboxylic acids is 1. The van der Waals surface area contributed by atoms with Crippen molar-refractivity contribution in [2.45, 2.75) is 46.5 Å². The van der Waals surface area contributed by atoms with Crippen LogP contribution < -0.4 is 5.43 Å². The summed E-state index contributed by atoms with van der Waals surface area (Å²) in [5, 5.41) is 4.24. The van der Waals surface area contributed by atoms with Crippen molar-refractivity contribution in [3.8, 4) is 0 Å². The summed E-state index contributed by atoms with van der Waals surface area (Å²) in [5.41, 5.74) is 4.75. The molecule has 1 saturated carbocycles. The van der Waals surface area contributed by atoms with Crippen molar-refractivity contribution >= 4 is 23.0 Å². The molecule has 1 aromatic rings. The van der Waals surface area contributed by atoms with Crippen LogP contribution >= 0.6 is 11.3 Å². The van der Waals surface area contributed by atoms with E-state index in [0.29, 0.717) is 0 Å². The van der Waals surface area contributed by atoms with Gasteiger partial charge in [-0.05, 0) is 39.7 Å². The first kappa shape index (κ1) is 13.3. The molecule has 3 nitrogen and oxygen atoms in total. The van der Waals surface area contributed by atoms with E-state index in [1.165, 1.54) is 22.6 Å². The van der Waals surface area contributed by atoms with Crippen LogP contribution in [0.25, 0.3) is 0 Å². The molecule has 0 spiro atoms. The van der Waals surface area contributed by atoms with Crippen LogP contribution in [0.1, 0.15) is 47.9 Å². The van der Waals surface area contributed by atoms with Crippen LogP contribution in [0.2, 0.25) is 0 Å². The zero-order valence-electron chi connectivity index (χ0n) is 11.2. The molecule has 0 radical (unpaired) electrons. The molecule has 4 heteroatoms. The summed E-state index contributed by atoms with van der Waals surface area (Å²) >= 11 is 1.76. The number of nitrogens with one attached hydrogen (secondary N) is 1. The molecule has 1 N–H and O–H groups in total. The van der Waals surface area contributed by atoms with Crippen molar-refractivity contribution in [2.24, 2.45) is 11.0 Å². The number of rotatable bonds is 3. The van der Waals surface area contributed by atoms with Crippen molar-refractivity contribution in [1.29, 1.82) is 0 Å². The van der Waals surface area contributed by atoms with Gasteiger partial charge >= 0.3 is 0 Å². The first-order chi connectivity index (χ1) is 8.58. The fraction of sp³-hybridized carbons (Fsp3) is 0.571. The molecule has 1 fully saturated rings. The monoisotopic (exact) mass is 264 g/mol. The third-order valence-electron chi connectivity index (χ3n) is 3.49. The largest absolute Gasteiger partial charge is 0.273 e. The molecule has 0 aromatic carbocycles. The number of hydrazone groups is 1. The standard InChI is InChI=1S/C14H20N2OS/c1-9-8-13(11(3)18-9)10(2)15-16-14(17)12-6-4-5-7-12/h8,12H,4-7H2,1-3H3,(H,16,17)/b15-10+. The molecule has 1 aliphatic rings. The van der Waals surface area contributed by atoms with E-state index < -0.39 is 0 Å². The van der Waals surface area contributed by atoms with Crippen molar-refractivity contribution in [3.05, 3.63) is 21.4 Å². The summed E-state index contributed by atoms with van der Waals surface area (Å²) in [6.45, 7) is 6.12. The molecule has 0 unspecified atom stereocenters. The molecule has 0 bridgehead atoms. The Hall–Kier alpha value is -1.16. The second-order valence-electron chi connectivity index (χ2n) is 4.98. The predicted molar refractivity (Wildman–Crippen MR) is 76.1 cm³/mol. The zero-order chi connectivity index (χ0) is 13.1. The second kappa shape index (κ2) is 5.65. The van der Waals surface area contributed by atoms with Gasteiger partial charge in [-0.25, -0.2) is 5.43 Å². The average molecular weight is 264 g/mol. The molecule has 1 aliphatic carbocycles. The van der Waals surface area contributed by atoms with Crippen molar-refractivity contribution < 1.29 is 4.79 Å². The van der Waals surface area contributed by atoms with E-state index in [1.807, 2.05) is 6.92 Å². The zero-order valence-corrected chi connectivity index (χ0v) is 12.1. The van der Waals surface area contributed by atoms with E-state index in [4.69, 9.17) is 0 Å². The van der Waals surface area contributed by atoms with Crippen LogP contribution in [-0.4, -0.2) is 11.6 Å². The Balaban J connectivity index is 2.00. The highest BCUT2D eigenvalue weighted by atomic mass is 32.1. The third-order valence-corrected chi connectivity index (χ3v) is 4.46. The van der Waals surface area contributed by atoms with Crippen molar-refractivity contribution in [3.63, 3.8) is 0 Å². The van der Waals surface area contributed by atoms with E-state index in [1.54, 1.807) is 11.3 Å². The molecule has 1 aromatic heterocycles. The summed E-state index contributed by atoms with van der Waals surface area (Å²) in [5.74, 6) is 0.253. The lowest BCUT2D eigenvalue weighted by molar-refractivity contribution is -0.124. The maximum atomic E-state index is 11.9. The lowest BCUT2D eigenvalue weighted by Gasteiger charge is -2.07. The summed E-state index contributed by atoms with van der Waals surface area (Å²) in [6, 6.07) is 2.13. The van der Waals surface area contributed by atoms with Gasteiger partial charge in [0.1, 0.15) is 0 Å². The molecule has 2 rings (SSSR count). The van der Waals surface area contributed by atoms with Gasteiger partial charge in [0.25, 0.3) is 0 Å². The summed E-state index contributed by atoms with van der Waals surface area (Å²) in [4.78, 5) is 14.4. The predicted octanol–water partition coefficient (Wildman–Crippen LogP) is 3.40. The molecular formula is C14H20N2OS. The van der Waals surface area contributed by atoms with E-state index in [9.17, 15) is 4.79 Å². The van der Waals surface area contributed by atoms with Gasteiger partial charge in [0, 0.05) is 21.2 Å². The van der Waals surface area contributed by atoms with Gasteiger partial charge in [-0.3, -0.25) is 4.79 Å². The number of carbonyl (C=O) groups is 1. The highest BCUT2D eigenvalue weighted by molar-refractivity contribution is 7.12. The van der Waals surface area contributed by atoms with Gasteiger partial charge in [0.2, 0.25) is 5.91 Å². The topological polar surface area (TPSA) is 41.5 Å². The van der Waals surface area contributed by atoms with E-state index in [2.05, 4.69) is 30.4 Å². The number of nitrogens with zero attached hydrogens (tertiary/aromatic N) is 1. The fourth-order valence-corrected chi connectivity index (χ4v) is 3.44. The lowest BCUT2D eigenvalue weighted by atomic mass is 10.1. The van der Waals surface area contributed by atoms with Crippen LogP contribution in [0.3, 0.4) is 0 Å². The minimum Gasteiger partial charge on any atom is -0.273 e. The smallest absolute Gasteiger partial charge is 0.243 e. The molecule has 0 aliphatic heterocycles. The Bertz CT molecular complexity index is 470. The van der Waals surface area contributed by atoms with Gasteiger partial charge in [0.15, 0.2) is 0 Å². The van der Waals surface area contributed by atoms with E-state index in [-0.39, 0.29) is 11.8 Å². The minimum absolute atomic E-state index is 0.0801. The average Bonchev–Trinajstić information content (AvgIpc) is 2.95.